The minimum Gasteiger partial charge on any atom is -0.481 e. The fourth-order valence-corrected chi connectivity index (χ4v) is 3.42. The third-order valence-corrected chi connectivity index (χ3v) is 4.71. The Bertz CT molecular complexity index is 516. The Hall–Kier alpha value is -0.920. The molecule has 0 heterocycles. The number of carboxylic acid groups (broad SMARTS) is 1. The summed E-state index contributed by atoms with van der Waals surface area (Å²) in [5.41, 5.74) is 0. The fraction of sp³-hybridized carbons (Fsp3) is 0.364. The van der Waals surface area contributed by atoms with Crippen molar-refractivity contribution in [2.75, 3.05) is 6.54 Å². The summed E-state index contributed by atoms with van der Waals surface area (Å²) in [6, 6.07) is 6.53. The molecule has 1 rings (SSSR count). The summed E-state index contributed by atoms with van der Waals surface area (Å²) in [4.78, 5) is 10.5. The van der Waals surface area contributed by atoms with Crippen LogP contribution in [0.4, 0.5) is 0 Å². The quantitative estimate of drug-likeness (QED) is 0.746. The van der Waals surface area contributed by atoms with Gasteiger partial charge in [-0.1, -0.05) is 12.1 Å². The molecule has 0 saturated carbocycles. The van der Waals surface area contributed by atoms with E-state index in [1.54, 1.807) is 18.2 Å². The van der Waals surface area contributed by atoms with Crippen LogP contribution in [0.3, 0.4) is 0 Å². The van der Waals surface area contributed by atoms with Gasteiger partial charge in [0.2, 0.25) is 10.0 Å². The monoisotopic (exact) mass is 335 g/mol. The van der Waals surface area contributed by atoms with E-state index in [1.165, 1.54) is 6.07 Å². The average molecular weight is 336 g/mol. The largest absolute Gasteiger partial charge is 0.481 e. The van der Waals surface area contributed by atoms with Crippen LogP contribution < -0.4 is 4.72 Å². The molecule has 100 valence electrons. The number of benzene rings is 1. The summed E-state index contributed by atoms with van der Waals surface area (Å²) in [7, 11) is -3.54. The van der Waals surface area contributed by atoms with E-state index in [1.807, 2.05) is 0 Å². The van der Waals surface area contributed by atoms with Crippen molar-refractivity contribution >= 4 is 31.9 Å². The van der Waals surface area contributed by atoms with Gasteiger partial charge in [-0.15, -0.1) is 0 Å². The molecule has 0 spiro atoms. The van der Waals surface area contributed by atoms with Crippen LogP contribution in [-0.4, -0.2) is 26.0 Å². The van der Waals surface area contributed by atoms with Gasteiger partial charge in [0.15, 0.2) is 0 Å². The van der Waals surface area contributed by atoms with Crippen LogP contribution in [0.25, 0.3) is 0 Å². The Kier molecular flexibility index (Phi) is 5.77. The number of aliphatic carboxylic acids is 1. The molecule has 0 aromatic heterocycles. The van der Waals surface area contributed by atoms with Crippen molar-refractivity contribution in [3.63, 3.8) is 0 Å². The van der Waals surface area contributed by atoms with Crippen LogP contribution in [0.2, 0.25) is 0 Å². The van der Waals surface area contributed by atoms with Gasteiger partial charge in [0.25, 0.3) is 0 Å². The summed E-state index contributed by atoms with van der Waals surface area (Å²) in [6.45, 7) is 0.233. The molecule has 0 amide bonds. The topological polar surface area (TPSA) is 83.5 Å². The van der Waals surface area contributed by atoms with E-state index in [4.69, 9.17) is 5.11 Å². The smallest absolute Gasteiger partial charge is 0.303 e. The molecule has 0 fully saturated rings. The predicted molar refractivity (Wildman–Crippen MR) is 70.8 cm³/mol. The van der Waals surface area contributed by atoms with Crippen LogP contribution in [0.5, 0.6) is 0 Å². The van der Waals surface area contributed by atoms with E-state index in [2.05, 4.69) is 20.7 Å². The van der Waals surface area contributed by atoms with E-state index < -0.39 is 16.0 Å². The number of carbonyl (C=O) groups is 1. The zero-order valence-electron chi connectivity index (χ0n) is 9.60. The first-order valence-corrected chi connectivity index (χ1v) is 7.67. The van der Waals surface area contributed by atoms with Crippen molar-refractivity contribution in [3.05, 3.63) is 28.7 Å². The molecule has 18 heavy (non-hydrogen) atoms. The first kappa shape index (κ1) is 15.1. The van der Waals surface area contributed by atoms with Gasteiger partial charge < -0.3 is 5.11 Å². The Balaban J connectivity index is 2.51. The average Bonchev–Trinajstić information content (AvgIpc) is 2.28. The molecule has 2 N–H and O–H groups in total. The van der Waals surface area contributed by atoms with E-state index in [0.29, 0.717) is 17.3 Å². The van der Waals surface area contributed by atoms with E-state index in [9.17, 15) is 13.2 Å². The molecule has 0 aliphatic heterocycles. The lowest BCUT2D eigenvalue weighted by Gasteiger charge is -2.07. The third-order valence-electron chi connectivity index (χ3n) is 2.24. The maximum absolute atomic E-state index is 11.9. The van der Waals surface area contributed by atoms with Crippen LogP contribution in [-0.2, 0) is 14.8 Å². The molecule has 0 aliphatic rings. The van der Waals surface area contributed by atoms with Crippen molar-refractivity contribution in [3.8, 4) is 0 Å². The number of carboxylic acids is 1. The highest BCUT2D eigenvalue weighted by Gasteiger charge is 2.15. The molecular formula is C11H14BrNO4S. The van der Waals surface area contributed by atoms with Gasteiger partial charge in [0, 0.05) is 17.4 Å². The summed E-state index contributed by atoms with van der Waals surface area (Å²) in [6.07, 6.45) is 1.00. The second-order valence-corrected chi connectivity index (χ2v) is 6.27. The molecule has 0 saturated heterocycles. The number of unbranched alkanes of at least 4 members (excludes halogenated alkanes) is 1. The van der Waals surface area contributed by atoms with E-state index in [0.717, 1.165) is 0 Å². The molecule has 1 aromatic rings. The molecule has 0 radical (unpaired) electrons. The van der Waals surface area contributed by atoms with Gasteiger partial charge in [-0.3, -0.25) is 4.79 Å². The Morgan fingerprint density at radius 2 is 1.94 bits per heavy atom. The van der Waals surface area contributed by atoms with Crippen molar-refractivity contribution < 1.29 is 18.3 Å². The number of rotatable bonds is 7. The van der Waals surface area contributed by atoms with Crippen LogP contribution in [0, 0.1) is 0 Å². The fourth-order valence-electron chi connectivity index (χ4n) is 1.35. The maximum atomic E-state index is 11.9. The zero-order valence-corrected chi connectivity index (χ0v) is 12.0. The van der Waals surface area contributed by atoms with Gasteiger partial charge in [-0.05, 0) is 40.9 Å². The molecule has 1 aromatic carbocycles. The minimum absolute atomic E-state index is 0.0523. The van der Waals surface area contributed by atoms with Crippen LogP contribution in [0.15, 0.2) is 33.6 Å². The first-order chi connectivity index (χ1) is 8.43. The van der Waals surface area contributed by atoms with Crippen molar-refractivity contribution in [2.24, 2.45) is 0 Å². The van der Waals surface area contributed by atoms with Gasteiger partial charge in [0.1, 0.15) is 0 Å². The predicted octanol–water partition coefficient (Wildman–Crippen LogP) is 1.98. The summed E-state index contributed by atoms with van der Waals surface area (Å²) < 4.78 is 26.7. The summed E-state index contributed by atoms with van der Waals surface area (Å²) in [5, 5.41) is 8.44. The first-order valence-electron chi connectivity index (χ1n) is 5.39. The number of hydrogen-bond donors (Lipinski definition) is 2. The second-order valence-electron chi connectivity index (χ2n) is 3.68. The summed E-state index contributed by atoms with van der Waals surface area (Å²) in [5.74, 6) is -0.872. The third kappa shape index (κ3) is 4.75. The SMILES string of the molecule is O=C(O)CCCCNS(=O)(=O)c1ccccc1Br. The highest BCUT2D eigenvalue weighted by molar-refractivity contribution is 9.10. The van der Waals surface area contributed by atoms with E-state index >= 15 is 0 Å². The normalized spacial score (nSPS) is 11.4. The van der Waals surface area contributed by atoms with Crippen molar-refractivity contribution in [1.29, 1.82) is 0 Å². The molecule has 7 heteroatoms. The van der Waals surface area contributed by atoms with Gasteiger partial charge >= 0.3 is 5.97 Å². The lowest BCUT2D eigenvalue weighted by atomic mass is 10.2. The standard InChI is InChI=1S/C11H14BrNO4S/c12-9-5-1-2-6-10(9)18(16,17)13-8-4-3-7-11(14)15/h1-2,5-6,13H,3-4,7-8H2,(H,14,15). The van der Waals surface area contributed by atoms with Gasteiger partial charge in [-0.2, -0.15) is 0 Å². The molecule has 5 nitrogen and oxygen atoms in total. The van der Waals surface area contributed by atoms with Crippen LogP contribution in [0.1, 0.15) is 19.3 Å². The van der Waals surface area contributed by atoms with Gasteiger partial charge in [-0.25, -0.2) is 13.1 Å². The zero-order chi connectivity index (χ0) is 13.6. The number of halogens is 1. The highest BCUT2D eigenvalue weighted by atomic mass is 79.9. The number of nitrogens with one attached hydrogen (secondary N) is 1. The Morgan fingerprint density at radius 1 is 1.28 bits per heavy atom. The lowest BCUT2D eigenvalue weighted by molar-refractivity contribution is -0.137. The molecule has 0 unspecified atom stereocenters. The number of sulfonamides is 1. The highest BCUT2D eigenvalue weighted by Crippen LogP contribution is 2.20. The van der Waals surface area contributed by atoms with Crippen molar-refractivity contribution in [2.45, 2.75) is 24.2 Å². The Morgan fingerprint density at radius 3 is 2.56 bits per heavy atom. The molecule has 0 atom stereocenters. The van der Waals surface area contributed by atoms with Crippen LogP contribution >= 0.6 is 15.9 Å². The molecular weight excluding hydrogens is 322 g/mol. The van der Waals surface area contributed by atoms with Crippen molar-refractivity contribution in [1.82, 2.24) is 4.72 Å². The number of hydrogen-bond acceptors (Lipinski definition) is 3. The van der Waals surface area contributed by atoms with E-state index in [-0.39, 0.29) is 17.9 Å². The second kappa shape index (κ2) is 6.86. The molecule has 0 aliphatic carbocycles. The Labute approximate surface area is 114 Å². The van der Waals surface area contributed by atoms with Gasteiger partial charge in [0.05, 0.1) is 4.90 Å². The maximum Gasteiger partial charge on any atom is 0.303 e. The molecule has 0 bridgehead atoms. The minimum atomic E-state index is -3.54. The summed E-state index contributed by atoms with van der Waals surface area (Å²) >= 11 is 3.18. The lowest BCUT2D eigenvalue weighted by Crippen LogP contribution is -2.25.